The van der Waals surface area contributed by atoms with Crippen molar-refractivity contribution in [2.24, 2.45) is 5.92 Å². The number of halogens is 1. The molecular weight excluding hydrogens is 571 g/mol. The Balaban J connectivity index is 1.76. The highest BCUT2D eigenvalue weighted by Gasteiger charge is 2.31. The molecule has 2 atom stereocenters. The fraction of sp³-hybridized carbons (Fsp3) is 0.500. The molecule has 0 saturated carbocycles. The number of nitrogens with one attached hydrogen (secondary N) is 1. The summed E-state index contributed by atoms with van der Waals surface area (Å²) in [7, 11) is 0. The second-order valence-electron chi connectivity index (χ2n) is 13.2. The number of hydrogen-bond donors (Lipinski definition) is 2. The summed E-state index contributed by atoms with van der Waals surface area (Å²) in [6, 6.07) is 5.35. The van der Waals surface area contributed by atoms with E-state index in [0.717, 1.165) is 58.7 Å². The Morgan fingerprint density at radius 2 is 1.62 bits per heavy atom. The van der Waals surface area contributed by atoms with Crippen LogP contribution in [0, 0.1) is 53.3 Å². The maximum absolute atomic E-state index is 15.8. The lowest BCUT2D eigenvalue weighted by Gasteiger charge is -2.31. The molecule has 2 N–H and O–H groups in total. The molecule has 4 rings (SSSR count). The van der Waals surface area contributed by atoms with E-state index in [9.17, 15) is 19.5 Å². The third-order valence-electron chi connectivity index (χ3n) is 8.98. The second kappa shape index (κ2) is 14.1. The molecule has 1 aromatic heterocycles. The zero-order valence-electron chi connectivity index (χ0n) is 27.9. The number of aryl methyl sites for hydroxylation is 4. The van der Waals surface area contributed by atoms with Crippen molar-refractivity contribution in [3.8, 4) is 11.1 Å². The summed E-state index contributed by atoms with van der Waals surface area (Å²) in [5.41, 5.74) is 7.05. The molecule has 242 valence electrons. The molecule has 0 spiro atoms. The third kappa shape index (κ3) is 7.69. The van der Waals surface area contributed by atoms with E-state index in [1.807, 2.05) is 41.5 Å². The molecule has 1 aliphatic heterocycles. The van der Waals surface area contributed by atoms with Crippen molar-refractivity contribution >= 4 is 11.9 Å². The quantitative estimate of drug-likeness (QED) is 0.256. The number of amides is 1. The van der Waals surface area contributed by atoms with Crippen molar-refractivity contribution in [2.75, 3.05) is 19.6 Å². The van der Waals surface area contributed by atoms with Crippen molar-refractivity contribution in [1.29, 1.82) is 0 Å². The highest BCUT2D eigenvalue weighted by Crippen LogP contribution is 2.34. The summed E-state index contributed by atoms with van der Waals surface area (Å²) >= 11 is 0. The lowest BCUT2D eigenvalue weighted by Crippen LogP contribution is -2.43. The van der Waals surface area contributed by atoms with Crippen LogP contribution in [0.25, 0.3) is 11.1 Å². The summed E-state index contributed by atoms with van der Waals surface area (Å²) in [6.07, 6.45) is 1.60. The average molecular weight is 619 g/mol. The summed E-state index contributed by atoms with van der Waals surface area (Å²) in [6.45, 7) is 18.1. The molecule has 1 amide bonds. The minimum absolute atomic E-state index is 0.0216. The first-order valence-corrected chi connectivity index (χ1v) is 15.9. The summed E-state index contributed by atoms with van der Waals surface area (Å²) in [5, 5.41) is 17.4. The van der Waals surface area contributed by atoms with Crippen LogP contribution in [0.3, 0.4) is 0 Å². The van der Waals surface area contributed by atoms with Gasteiger partial charge in [-0.1, -0.05) is 31.5 Å². The zero-order valence-corrected chi connectivity index (χ0v) is 27.9. The first-order chi connectivity index (χ1) is 21.2. The number of carbonyl (C=O) groups is 2. The summed E-state index contributed by atoms with van der Waals surface area (Å²) in [4.78, 5) is 42.0. The monoisotopic (exact) mass is 618 g/mol. The van der Waals surface area contributed by atoms with Crippen LogP contribution in [0.15, 0.2) is 29.1 Å². The highest BCUT2D eigenvalue weighted by molar-refractivity contribution is 5.82. The summed E-state index contributed by atoms with van der Waals surface area (Å²) < 4.78 is 17.1. The number of carboxylic acid groups (broad SMARTS) is 1. The molecule has 0 unspecified atom stereocenters. The van der Waals surface area contributed by atoms with Crippen LogP contribution in [-0.2, 0) is 16.0 Å². The molecule has 1 fully saturated rings. The van der Waals surface area contributed by atoms with E-state index in [2.05, 4.69) is 22.3 Å². The predicted octanol–water partition coefficient (Wildman–Crippen LogP) is 6.07. The number of carbonyl (C=O) groups excluding carboxylic acids is 1. The molecule has 45 heavy (non-hydrogen) atoms. The molecule has 9 heteroatoms. The first kappa shape index (κ1) is 34.0. The van der Waals surface area contributed by atoms with Crippen LogP contribution in [0.5, 0.6) is 0 Å². The van der Waals surface area contributed by atoms with E-state index in [0.29, 0.717) is 24.0 Å². The normalized spacial score (nSPS) is 14.7. The maximum atomic E-state index is 15.8. The topological polar surface area (TPSA) is 105 Å². The molecule has 2 aromatic carbocycles. The first-order valence-electron chi connectivity index (χ1n) is 15.9. The van der Waals surface area contributed by atoms with Crippen LogP contribution in [0.2, 0.25) is 0 Å². The van der Waals surface area contributed by atoms with E-state index in [4.69, 9.17) is 5.10 Å². The fourth-order valence-electron chi connectivity index (χ4n) is 6.39. The molecule has 3 aromatic rings. The van der Waals surface area contributed by atoms with Crippen LogP contribution in [-0.4, -0.2) is 51.3 Å². The van der Waals surface area contributed by atoms with E-state index in [1.54, 1.807) is 26.0 Å². The Labute approximate surface area is 265 Å². The molecule has 1 saturated heterocycles. The molecule has 2 heterocycles. The standard InChI is InChI=1S/C36H47FN4O4/c1-20(2)14-31(41-36(45)26(8)25(7)29(39-41)10-13-40-11-9-12-40)35(44)38-30(19-32(42)43)28-18-27(17-24(6)34(28)37)33-22(4)15-21(3)16-23(33)5/h15-18,20,30-31H,9-14,19H2,1-8H3,(H,38,44)(H,42,43)/t30-,31-/m0/s1. The largest absolute Gasteiger partial charge is 0.481 e. The zero-order chi connectivity index (χ0) is 33.2. The third-order valence-corrected chi connectivity index (χ3v) is 8.98. The van der Waals surface area contributed by atoms with Crippen LogP contribution in [0.1, 0.15) is 89.8 Å². The Morgan fingerprint density at radius 1 is 0.978 bits per heavy atom. The van der Waals surface area contributed by atoms with Gasteiger partial charge in [-0.2, -0.15) is 5.10 Å². The van der Waals surface area contributed by atoms with Gasteiger partial charge in [-0.25, -0.2) is 9.07 Å². The lowest BCUT2D eigenvalue weighted by atomic mass is 9.89. The molecule has 8 nitrogen and oxygen atoms in total. The van der Waals surface area contributed by atoms with Crippen LogP contribution >= 0.6 is 0 Å². The minimum Gasteiger partial charge on any atom is -0.481 e. The fourth-order valence-corrected chi connectivity index (χ4v) is 6.39. The van der Waals surface area contributed by atoms with Gasteiger partial charge in [0, 0.05) is 24.1 Å². The minimum atomic E-state index is -1.18. The molecule has 0 radical (unpaired) electrons. The molecule has 1 aliphatic rings. The number of carboxylic acids is 1. The SMILES string of the molecule is Cc1cc(C)c(-c2cc(C)c(F)c([C@H](CC(=O)O)NC(=O)[C@H](CC(C)C)n3nc(CCN4CCC4)c(C)c(C)c3=O)c2)c(C)c1. The summed E-state index contributed by atoms with van der Waals surface area (Å²) in [5.74, 6) is -2.29. The van der Waals surface area contributed by atoms with Crippen molar-refractivity contribution in [3.05, 3.63) is 85.1 Å². The highest BCUT2D eigenvalue weighted by atomic mass is 19.1. The van der Waals surface area contributed by atoms with Crippen molar-refractivity contribution in [1.82, 2.24) is 20.0 Å². The van der Waals surface area contributed by atoms with Gasteiger partial charge in [0.25, 0.3) is 5.56 Å². The van der Waals surface area contributed by atoms with Gasteiger partial charge in [-0.15, -0.1) is 0 Å². The van der Waals surface area contributed by atoms with Crippen molar-refractivity contribution < 1.29 is 19.1 Å². The lowest BCUT2D eigenvalue weighted by molar-refractivity contribution is -0.138. The number of benzene rings is 2. The van der Waals surface area contributed by atoms with Gasteiger partial charge in [0.1, 0.15) is 11.9 Å². The number of likely N-dealkylation sites (tertiary alicyclic amines) is 1. The molecular formula is C36H47FN4O4. The Kier molecular flexibility index (Phi) is 10.6. The number of hydrogen-bond acceptors (Lipinski definition) is 5. The molecule has 0 bridgehead atoms. The van der Waals surface area contributed by atoms with Crippen LogP contribution in [0.4, 0.5) is 4.39 Å². The van der Waals surface area contributed by atoms with Crippen LogP contribution < -0.4 is 10.9 Å². The average Bonchev–Trinajstić information content (AvgIpc) is 2.91. The second-order valence-corrected chi connectivity index (χ2v) is 13.2. The van der Waals surface area contributed by atoms with Gasteiger partial charge >= 0.3 is 5.97 Å². The van der Waals surface area contributed by atoms with Gasteiger partial charge in [0.05, 0.1) is 18.2 Å². The van der Waals surface area contributed by atoms with Gasteiger partial charge in [-0.3, -0.25) is 14.4 Å². The Morgan fingerprint density at radius 3 is 2.18 bits per heavy atom. The van der Waals surface area contributed by atoms with E-state index >= 15 is 4.39 Å². The van der Waals surface area contributed by atoms with Gasteiger partial charge in [-0.05, 0) is 119 Å². The Hall–Kier alpha value is -3.85. The number of aromatic nitrogens is 2. The van der Waals surface area contributed by atoms with Gasteiger partial charge < -0.3 is 15.3 Å². The van der Waals surface area contributed by atoms with Gasteiger partial charge in [0.15, 0.2) is 0 Å². The van der Waals surface area contributed by atoms with Gasteiger partial charge in [0.2, 0.25) is 5.91 Å². The molecule has 0 aliphatic carbocycles. The van der Waals surface area contributed by atoms with E-state index in [1.165, 1.54) is 11.1 Å². The maximum Gasteiger partial charge on any atom is 0.305 e. The van der Waals surface area contributed by atoms with E-state index < -0.39 is 36.2 Å². The van der Waals surface area contributed by atoms with Crippen molar-refractivity contribution in [2.45, 2.75) is 93.2 Å². The van der Waals surface area contributed by atoms with E-state index in [-0.39, 0.29) is 17.0 Å². The predicted molar refractivity (Wildman–Crippen MR) is 175 cm³/mol. The Bertz CT molecular complexity index is 1630. The number of aliphatic carboxylic acids is 1. The number of nitrogens with zero attached hydrogens (tertiary/aromatic N) is 3. The van der Waals surface area contributed by atoms with Crippen molar-refractivity contribution in [3.63, 3.8) is 0 Å². The smallest absolute Gasteiger partial charge is 0.305 e. The number of rotatable bonds is 12.